The Hall–Kier alpha value is -2.17. The van der Waals surface area contributed by atoms with Gasteiger partial charge in [0, 0.05) is 26.7 Å². The Balaban J connectivity index is 2.10. The molecular weight excluding hydrogens is 278 g/mol. The predicted octanol–water partition coefficient (Wildman–Crippen LogP) is 1.41. The van der Waals surface area contributed by atoms with Crippen LogP contribution in [0, 0.1) is 0 Å². The predicted molar refractivity (Wildman–Crippen MR) is 83.1 cm³/mol. The molecule has 22 heavy (non-hydrogen) atoms. The summed E-state index contributed by atoms with van der Waals surface area (Å²) in [4.78, 5) is 3.32. The molecule has 1 aliphatic rings. The van der Waals surface area contributed by atoms with Gasteiger partial charge in [0.1, 0.15) is 0 Å². The first kappa shape index (κ1) is 14.8. The van der Waals surface area contributed by atoms with Crippen LogP contribution in [-0.2, 0) is 20.0 Å². The molecule has 0 saturated carbocycles. The highest BCUT2D eigenvalue weighted by molar-refractivity contribution is 5.90. The third-order valence-corrected chi connectivity index (χ3v) is 4.11. The Morgan fingerprint density at radius 2 is 1.45 bits per heavy atom. The molecule has 3 rings (SSSR count). The zero-order valence-corrected chi connectivity index (χ0v) is 13.0. The maximum Gasteiger partial charge on any atom is 0.374 e. The van der Waals surface area contributed by atoms with Crippen molar-refractivity contribution in [3.05, 3.63) is 71.8 Å². The molecule has 2 atom stereocenters. The largest absolute Gasteiger partial charge is 0.396 e. The highest BCUT2D eigenvalue weighted by Gasteiger charge is 2.65. The number of hydrogen-bond donors (Lipinski definition) is 1. The van der Waals surface area contributed by atoms with E-state index in [9.17, 15) is 0 Å². The lowest BCUT2D eigenvalue weighted by molar-refractivity contribution is -0.631. The molecule has 4 heteroatoms. The van der Waals surface area contributed by atoms with E-state index in [1.165, 1.54) is 0 Å². The average Bonchev–Trinajstić information content (AvgIpc) is 2.91. The van der Waals surface area contributed by atoms with Crippen LogP contribution in [0.25, 0.3) is 0 Å². The SMILES string of the molecule is CO[C@@]1(c2ccccc2)OC(c2ccccc2)=[NH+][C@@]1(C)OC. The highest BCUT2D eigenvalue weighted by atomic mass is 16.7. The molecule has 0 saturated heterocycles. The summed E-state index contributed by atoms with van der Waals surface area (Å²) in [5.74, 6) is -0.426. The van der Waals surface area contributed by atoms with Crippen LogP contribution in [0.2, 0.25) is 0 Å². The molecule has 2 aromatic rings. The summed E-state index contributed by atoms with van der Waals surface area (Å²) < 4.78 is 17.8. The molecule has 1 N–H and O–H groups in total. The summed E-state index contributed by atoms with van der Waals surface area (Å²) in [6, 6.07) is 19.7. The number of rotatable bonds is 4. The van der Waals surface area contributed by atoms with Crippen molar-refractivity contribution in [2.45, 2.75) is 18.4 Å². The first-order valence-corrected chi connectivity index (χ1v) is 7.20. The lowest BCUT2D eigenvalue weighted by Gasteiger charge is -2.33. The molecule has 1 aliphatic heterocycles. The van der Waals surface area contributed by atoms with Crippen molar-refractivity contribution in [1.29, 1.82) is 0 Å². The molecule has 0 bridgehead atoms. The normalized spacial score (nSPS) is 27.3. The zero-order chi connectivity index (χ0) is 15.6. The van der Waals surface area contributed by atoms with Crippen LogP contribution in [0.15, 0.2) is 60.7 Å². The van der Waals surface area contributed by atoms with Gasteiger partial charge in [-0.15, -0.1) is 0 Å². The fourth-order valence-electron chi connectivity index (χ4n) is 2.82. The van der Waals surface area contributed by atoms with Crippen molar-refractivity contribution in [2.75, 3.05) is 14.2 Å². The summed E-state index contributed by atoms with van der Waals surface area (Å²) in [5, 5.41) is 0. The molecule has 0 aromatic heterocycles. The average molecular weight is 298 g/mol. The number of benzene rings is 2. The van der Waals surface area contributed by atoms with Gasteiger partial charge in [-0.05, 0) is 12.1 Å². The van der Waals surface area contributed by atoms with E-state index in [1.807, 2.05) is 67.6 Å². The molecule has 0 radical (unpaired) electrons. The first-order chi connectivity index (χ1) is 10.6. The summed E-state index contributed by atoms with van der Waals surface area (Å²) in [6.07, 6.45) is 0. The van der Waals surface area contributed by atoms with Gasteiger partial charge in [0.25, 0.3) is 0 Å². The van der Waals surface area contributed by atoms with Crippen molar-refractivity contribution in [2.24, 2.45) is 0 Å². The Morgan fingerprint density at radius 3 is 2.00 bits per heavy atom. The third-order valence-electron chi connectivity index (χ3n) is 4.11. The van der Waals surface area contributed by atoms with Crippen molar-refractivity contribution in [1.82, 2.24) is 0 Å². The number of methoxy groups -OCH3 is 2. The molecule has 0 spiro atoms. The van der Waals surface area contributed by atoms with E-state index in [0.717, 1.165) is 11.1 Å². The van der Waals surface area contributed by atoms with Crippen LogP contribution >= 0.6 is 0 Å². The Kier molecular flexibility index (Phi) is 3.72. The van der Waals surface area contributed by atoms with Crippen molar-refractivity contribution >= 4 is 5.90 Å². The van der Waals surface area contributed by atoms with E-state index < -0.39 is 11.5 Å². The van der Waals surface area contributed by atoms with Crippen LogP contribution < -0.4 is 4.99 Å². The van der Waals surface area contributed by atoms with E-state index in [1.54, 1.807) is 14.2 Å². The molecule has 0 fully saturated rings. The summed E-state index contributed by atoms with van der Waals surface area (Å²) >= 11 is 0. The molecule has 0 unspecified atom stereocenters. The van der Waals surface area contributed by atoms with E-state index in [4.69, 9.17) is 14.2 Å². The van der Waals surface area contributed by atoms with Gasteiger partial charge < -0.3 is 14.2 Å². The summed E-state index contributed by atoms with van der Waals surface area (Å²) in [5.41, 5.74) is 0.981. The van der Waals surface area contributed by atoms with Crippen LogP contribution in [0.5, 0.6) is 0 Å². The van der Waals surface area contributed by atoms with Gasteiger partial charge in [0.2, 0.25) is 0 Å². The van der Waals surface area contributed by atoms with Crippen LogP contribution in [0.3, 0.4) is 0 Å². The Labute approximate surface area is 130 Å². The number of ether oxygens (including phenoxy) is 3. The molecule has 4 nitrogen and oxygen atoms in total. The molecule has 1 heterocycles. The number of nitrogens with one attached hydrogen (secondary N) is 1. The zero-order valence-electron chi connectivity index (χ0n) is 13.0. The standard InChI is InChI=1S/C18H19NO3/c1-17(20-2)18(21-3,15-12-8-5-9-13-15)22-16(19-17)14-10-6-4-7-11-14/h4-13H,1-3H3/p+1/t17-,18-/m0/s1. The minimum atomic E-state index is -1.06. The van der Waals surface area contributed by atoms with Gasteiger partial charge in [0.05, 0.1) is 5.56 Å². The lowest BCUT2D eigenvalue weighted by Crippen LogP contribution is -2.88. The summed E-state index contributed by atoms with van der Waals surface area (Å²) in [6.45, 7) is 1.92. The van der Waals surface area contributed by atoms with E-state index in [0.29, 0.717) is 5.90 Å². The van der Waals surface area contributed by atoms with Gasteiger partial charge in [-0.25, -0.2) is 0 Å². The first-order valence-electron chi connectivity index (χ1n) is 7.20. The minimum Gasteiger partial charge on any atom is -0.396 e. The second-order valence-electron chi connectivity index (χ2n) is 5.35. The monoisotopic (exact) mass is 298 g/mol. The van der Waals surface area contributed by atoms with E-state index >= 15 is 0 Å². The van der Waals surface area contributed by atoms with Crippen molar-refractivity contribution in [3.8, 4) is 0 Å². The molecule has 0 amide bonds. The Bertz CT molecular complexity index is 671. The quantitative estimate of drug-likeness (QED) is 0.928. The lowest BCUT2D eigenvalue weighted by atomic mass is 9.96. The Morgan fingerprint density at radius 1 is 0.864 bits per heavy atom. The molecule has 0 aliphatic carbocycles. The molecular formula is C18H20NO3+. The van der Waals surface area contributed by atoms with Gasteiger partial charge in [0.15, 0.2) is 0 Å². The van der Waals surface area contributed by atoms with E-state index in [-0.39, 0.29) is 0 Å². The van der Waals surface area contributed by atoms with Crippen LogP contribution in [0.1, 0.15) is 18.1 Å². The molecule has 114 valence electrons. The maximum absolute atomic E-state index is 6.24. The fourth-order valence-corrected chi connectivity index (χ4v) is 2.82. The van der Waals surface area contributed by atoms with Crippen molar-refractivity contribution < 1.29 is 19.2 Å². The van der Waals surface area contributed by atoms with Crippen LogP contribution in [-0.4, -0.2) is 25.8 Å². The topological polar surface area (TPSA) is 41.7 Å². The maximum atomic E-state index is 6.24. The highest BCUT2D eigenvalue weighted by Crippen LogP contribution is 2.38. The molecule has 2 aromatic carbocycles. The van der Waals surface area contributed by atoms with E-state index in [2.05, 4.69) is 4.99 Å². The smallest absolute Gasteiger partial charge is 0.374 e. The van der Waals surface area contributed by atoms with Gasteiger partial charge in [-0.1, -0.05) is 48.5 Å². The number of hydrogen-bond acceptors (Lipinski definition) is 3. The van der Waals surface area contributed by atoms with Crippen molar-refractivity contribution in [3.63, 3.8) is 0 Å². The fraction of sp³-hybridized carbons (Fsp3) is 0.278. The van der Waals surface area contributed by atoms with Crippen LogP contribution in [0.4, 0.5) is 0 Å². The summed E-state index contributed by atoms with van der Waals surface area (Å²) in [7, 11) is 3.26. The third kappa shape index (κ3) is 2.12. The van der Waals surface area contributed by atoms with Gasteiger partial charge in [-0.3, -0.25) is 0 Å². The second kappa shape index (κ2) is 5.55. The second-order valence-corrected chi connectivity index (χ2v) is 5.35. The van der Waals surface area contributed by atoms with Gasteiger partial charge in [-0.2, -0.15) is 4.99 Å². The van der Waals surface area contributed by atoms with Gasteiger partial charge >= 0.3 is 17.4 Å². The minimum absolute atomic E-state index is 0.635.